The molecule has 4 saturated carbocycles. The van der Waals surface area contributed by atoms with Crippen LogP contribution < -0.4 is 0 Å². The topological polar surface area (TPSA) is 89.9 Å². The highest BCUT2D eigenvalue weighted by Crippen LogP contribution is 2.68. The first-order valence-corrected chi connectivity index (χ1v) is 15.3. The van der Waals surface area contributed by atoms with Gasteiger partial charge < -0.3 is 14.6 Å². The van der Waals surface area contributed by atoms with E-state index in [0.29, 0.717) is 12.3 Å². The molecule has 0 aromatic heterocycles. The highest BCUT2D eigenvalue weighted by atomic mass is 127. The maximum absolute atomic E-state index is 13.3. The number of hydrogen-bond donors (Lipinski definition) is 1. The van der Waals surface area contributed by atoms with Crippen LogP contribution in [0.2, 0.25) is 0 Å². The van der Waals surface area contributed by atoms with E-state index in [4.69, 9.17) is 9.47 Å². The van der Waals surface area contributed by atoms with Crippen molar-refractivity contribution in [3.63, 3.8) is 0 Å². The lowest BCUT2D eigenvalue weighted by Crippen LogP contribution is -2.62. The summed E-state index contributed by atoms with van der Waals surface area (Å²) in [5.74, 6) is 0.242. The number of Topliss-reactive ketones (excluding diaryl/α,β-unsaturated/α-hetero) is 1. The van der Waals surface area contributed by atoms with Crippen molar-refractivity contribution in [1.82, 2.24) is 0 Å². The lowest BCUT2D eigenvalue weighted by molar-refractivity contribution is -0.207. The standard InChI is InChI=1S/C31H41IO6/c1-18(33)31(36)14-11-25-28-24(10-13-30(25,31)4)29(3)12-9-23(37-19(2)34)16-21(29)17-26(28)38-27(35)15-20-5-7-22(32)8-6-20/h5-8,21,23-26,28,36H,9-17H2,1-4H3/t21-,23-,24+,25-,26+,28-,29+,30+,31+/m1/s1. The van der Waals surface area contributed by atoms with Crippen LogP contribution in [-0.2, 0) is 30.3 Å². The summed E-state index contributed by atoms with van der Waals surface area (Å²) in [4.78, 5) is 37.7. The van der Waals surface area contributed by atoms with Crippen molar-refractivity contribution in [2.45, 2.75) is 103 Å². The molecule has 0 heterocycles. The van der Waals surface area contributed by atoms with Crippen LogP contribution in [-0.4, -0.2) is 40.6 Å². The molecule has 7 heteroatoms. The summed E-state index contributed by atoms with van der Waals surface area (Å²) in [5.41, 5.74) is -0.846. The minimum atomic E-state index is -1.32. The number of benzene rings is 1. The SMILES string of the molecule is CC(=O)O[C@@H]1CC[C@@]2(C)[C@H](C1)C[C@H](OC(=O)Cc1ccc(I)cc1)[C@H]1[C@H]3CC[C@](O)(C(C)=O)[C@@]3(C)CC[C@@H]12. The highest BCUT2D eigenvalue weighted by Gasteiger charge is 2.68. The maximum atomic E-state index is 13.3. The van der Waals surface area contributed by atoms with E-state index in [-0.39, 0.29) is 59.5 Å². The number of hydrogen-bond acceptors (Lipinski definition) is 6. The molecule has 9 atom stereocenters. The molecule has 4 fully saturated rings. The minimum absolute atomic E-state index is 0.0542. The molecule has 0 aliphatic heterocycles. The Morgan fingerprint density at radius 1 is 0.947 bits per heavy atom. The van der Waals surface area contributed by atoms with E-state index >= 15 is 0 Å². The second-order valence-corrected chi connectivity index (χ2v) is 14.2. The summed E-state index contributed by atoms with van der Waals surface area (Å²) in [6.45, 7) is 7.47. The van der Waals surface area contributed by atoms with E-state index in [1.807, 2.05) is 24.3 Å². The monoisotopic (exact) mass is 636 g/mol. The molecule has 0 spiro atoms. The first-order chi connectivity index (χ1) is 17.9. The lowest BCUT2D eigenvalue weighted by atomic mass is 9.43. The van der Waals surface area contributed by atoms with Crippen LogP contribution in [0.3, 0.4) is 0 Å². The number of aliphatic hydroxyl groups is 1. The zero-order valence-electron chi connectivity index (χ0n) is 23.0. The zero-order chi connectivity index (χ0) is 27.5. The van der Waals surface area contributed by atoms with E-state index in [0.717, 1.165) is 54.1 Å². The molecule has 208 valence electrons. The number of fused-ring (bicyclic) bond motifs is 5. The normalized spacial score (nSPS) is 41.8. The van der Waals surface area contributed by atoms with Crippen molar-refractivity contribution in [3.8, 4) is 0 Å². The maximum Gasteiger partial charge on any atom is 0.310 e. The molecule has 0 saturated heterocycles. The van der Waals surface area contributed by atoms with Crippen molar-refractivity contribution in [1.29, 1.82) is 0 Å². The fourth-order valence-corrected chi connectivity index (χ4v) is 9.56. The van der Waals surface area contributed by atoms with E-state index < -0.39 is 11.0 Å². The summed E-state index contributed by atoms with van der Waals surface area (Å²) in [7, 11) is 0. The Balaban J connectivity index is 1.45. The van der Waals surface area contributed by atoms with Gasteiger partial charge in [-0.25, -0.2) is 0 Å². The molecule has 4 aliphatic rings. The van der Waals surface area contributed by atoms with Gasteiger partial charge in [-0.1, -0.05) is 26.0 Å². The number of halogens is 1. The Morgan fingerprint density at radius 2 is 1.63 bits per heavy atom. The van der Waals surface area contributed by atoms with Crippen LogP contribution in [0.15, 0.2) is 24.3 Å². The summed E-state index contributed by atoms with van der Waals surface area (Å²) in [6.07, 6.45) is 6.17. The molecular formula is C31H41IO6. The minimum Gasteiger partial charge on any atom is -0.463 e. The van der Waals surface area contributed by atoms with Crippen LogP contribution in [0.25, 0.3) is 0 Å². The van der Waals surface area contributed by atoms with Crippen LogP contribution in [0.1, 0.15) is 84.6 Å². The second-order valence-electron chi connectivity index (χ2n) is 13.0. The van der Waals surface area contributed by atoms with Crippen LogP contribution in [0, 0.1) is 38.1 Å². The molecule has 0 bridgehead atoms. The fraction of sp³-hybridized carbons (Fsp3) is 0.710. The Kier molecular flexibility index (Phi) is 7.51. The van der Waals surface area contributed by atoms with Crippen molar-refractivity contribution in [2.75, 3.05) is 0 Å². The molecule has 0 amide bonds. The number of carbonyl (C=O) groups is 3. The van der Waals surface area contributed by atoms with Gasteiger partial charge in [-0.2, -0.15) is 0 Å². The van der Waals surface area contributed by atoms with Gasteiger partial charge >= 0.3 is 11.9 Å². The van der Waals surface area contributed by atoms with Gasteiger partial charge in [0.2, 0.25) is 0 Å². The average molecular weight is 637 g/mol. The van der Waals surface area contributed by atoms with Crippen molar-refractivity contribution >= 4 is 40.3 Å². The first kappa shape index (κ1) is 28.1. The van der Waals surface area contributed by atoms with Gasteiger partial charge in [-0.05, 0) is 122 Å². The number of carbonyl (C=O) groups excluding carboxylic acids is 3. The summed E-state index contributed by atoms with van der Waals surface area (Å²) >= 11 is 2.25. The molecule has 1 aromatic rings. The molecule has 1 N–H and O–H groups in total. The summed E-state index contributed by atoms with van der Waals surface area (Å²) in [5, 5.41) is 11.6. The van der Waals surface area contributed by atoms with Gasteiger partial charge in [0.05, 0.1) is 6.42 Å². The summed E-state index contributed by atoms with van der Waals surface area (Å²) in [6, 6.07) is 7.93. The molecule has 0 radical (unpaired) electrons. The van der Waals surface area contributed by atoms with Gasteiger partial charge in [-0.15, -0.1) is 0 Å². The predicted molar refractivity (Wildman–Crippen MR) is 151 cm³/mol. The average Bonchev–Trinajstić information content (AvgIpc) is 3.13. The smallest absolute Gasteiger partial charge is 0.310 e. The molecule has 5 rings (SSSR count). The largest absolute Gasteiger partial charge is 0.463 e. The Hall–Kier alpha value is -1.48. The van der Waals surface area contributed by atoms with Gasteiger partial charge in [0.1, 0.15) is 17.8 Å². The van der Waals surface area contributed by atoms with Crippen molar-refractivity contribution in [3.05, 3.63) is 33.4 Å². The number of ether oxygens (including phenoxy) is 2. The lowest BCUT2D eigenvalue weighted by Gasteiger charge is -2.63. The third-order valence-electron chi connectivity index (χ3n) is 11.2. The second kappa shape index (κ2) is 10.2. The number of ketones is 1. The van der Waals surface area contributed by atoms with Crippen LogP contribution in [0.4, 0.5) is 0 Å². The van der Waals surface area contributed by atoms with E-state index in [9.17, 15) is 19.5 Å². The Morgan fingerprint density at radius 3 is 2.29 bits per heavy atom. The predicted octanol–water partition coefficient (Wildman–Crippen LogP) is 5.65. The molecule has 38 heavy (non-hydrogen) atoms. The fourth-order valence-electron chi connectivity index (χ4n) is 9.20. The van der Waals surface area contributed by atoms with E-state index in [1.54, 1.807) is 0 Å². The van der Waals surface area contributed by atoms with E-state index in [1.165, 1.54) is 13.8 Å². The zero-order valence-corrected chi connectivity index (χ0v) is 25.2. The van der Waals surface area contributed by atoms with Gasteiger partial charge in [-0.3, -0.25) is 14.4 Å². The Bertz CT molecular complexity index is 1100. The third kappa shape index (κ3) is 4.63. The van der Waals surface area contributed by atoms with Crippen LogP contribution in [0.5, 0.6) is 0 Å². The quantitative estimate of drug-likeness (QED) is 0.332. The Labute approximate surface area is 239 Å². The van der Waals surface area contributed by atoms with Crippen molar-refractivity contribution in [2.24, 2.45) is 34.5 Å². The highest BCUT2D eigenvalue weighted by molar-refractivity contribution is 14.1. The van der Waals surface area contributed by atoms with Gasteiger partial charge in [0.25, 0.3) is 0 Å². The molecule has 4 aliphatic carbocycles. The van der Waals surface area contributed by atoms with Crippen molar-refractivity contribution < 1.29 is 29.0 Å². The number of esters is 2. The number of rotatable bonds is 5. The molecular weight excluding hydrogens is 595 g/mol. The molecule has 6 nitrogen and oxygen atoms in total. The van der Waals surface area contributed by atoms with Gasteiger partial charge in [0, 0.05) is 21.8 Å². The summed E-state index contributed by atoms with van der Waals surface area (Å²) < 4.78 is 13.1. The molecule has 1 aromatic carbocycles. The molecule has 0 unspecified atom stereocenters. The van der Waals surface area contributed by atoms with Crippen LogP contribution >= 0.6 is 22.6 Å². The third-order valence-corrected chi connectivity index (χ3v) is 11.9. The van der Waals surface area contributed by atoms with E-state index in [2.05, 4.69) is 36.4 Å². The first-order valence-electron chi connectivity index (χ1n) is 14.2. The van der Waals surface area contributed by atoms with Gasteiger partial charge in [0.15, 0.2) is 5.78 Å².